The normalized spacial score (nSPS) is 28.1. The van der Waals surface area contributed by atoms with Gasteiger partial charge in [0, 0.05) is 25.0 Å². The number of likely N-dealkylation sites (tertiary alicyclic amines) is 2. The van der Waals surface area contributed by atoms with Gasteiger partial charge in [-0.25, -0.2) is 0 Å². The van der Waals surface area contributed by atoms with E-state index in [4.69, 9.17) is 0 Å². The third-order valence-corrected chi connectivity index (χ3v) is 7.95. The predicted molar refractivity (Wildman–Crippen MR) is 108 cm³/mol. The molecule has 2 heterocycles. The molecule has 4 aliphatic rings. The molecule has 1 unspecified atom stereocenters. The second kappa shape index (κ2) is 7.20. The zero-order valence-corrected chi connectivity index (χ0v) is 16.8. The van der Waals surface area contributed by atoms with Gasteiger partial charge in [-0.1, -0.05) is 56.0 Å². The number of hydrogen-bond acceptors (Lipinski definition) is 2. The van der Waals surface area contributed by atoms with Crippen molar-refractivity contribution < 1.29 is 9.59 Å². The fraction of sp³-hybridized carbons (Fsp3) is 0.667. The van der Waals surface area contributed by atoms with E-state index in [1.165, 1.54) is 31.2 Å². The fourth-order valence-electron chi connectivity index (χ4n) is 6.13. The Bertz CT molecular complexity index is 728. The van der Waals surface area contributed by atoms with E-state index in [9.17, 15) is 9.59 Å². The molecule has 4 heteroatoms. The summed E-state index contributed by atoms with van der Waals surface area (Å²) in [7, 11) is 0. The van der Waals surface area contributed by atoms with Crippen LogP contribution in [0.25, 0.3) is 0 Å². The molecule has 2 saturated heterocycles. The summed E-state index contributed by atoms with van der Waals surface area (Å²) in [5, 5.41) is 0. The predicted octanol–water partition coefficient (Wildman–Crippen LogP) is 4.31. The van der Waals surface area contributed by atoms with Gasteiger partial charge in [-0.15, -0.1) is 0 Å². The summed E-state index contributed by atoms with van der Waals surface area (Å²) in [5.74, 6) is 1.04. The van der Waals surface area contributed by atoms with Crippen molar-refractivity contribution in [2.75, 3.05) is 13.1 Å². The molecule has 4 fully saturated rings. The van der Waals surface area contributed by atoms with Crippen molar-refractivity contribution in [2.45, 2.75) is 76.3 Å². The first-order valence-corrected chi connectivity index (χ1v) is 11.4. The summed E-state index contributed by atoms with van der Waals surface area (Å²) in [6.07, 6.45) is 10.9. The van der Waals surface area contributed by atoms with Crippen molar-refractivity contribution in [1.82, 2.24) is 9.80 Å². The van der Waals surface area contributed by atoms with Crippen LogP contribution in [0.15, 0.2) is 30.3 Å². The molecule has 2 saturated carbocycles. The van der Waals surface area contributed by atoms with Crippen molar-refractivity contribution in [2.24, 2.45) is 11.3 Å². The van der Waals surface area contributed by atoms with Gasteiger partial charge in [-0.2, -0.15) is 0 Å². The van der Waals surface area contributed by atoms with Crippen LogP contribution in [0.3, 0.4) is 0 Å². The third kappa shape index (κ3) is 2.79. The summed E-state index contributed by atoms with van der Waals surface area (Å²) >= 11 is 0. The highest BCUT2D eigenvalue weighted by Crippen LogP contribution is 2.59. The largest absolute Gasteiger partial charge is 0.342 e. The summed E-state index contributed by atoms with van der Waals surface area (Å²) in [6.45, 7) is 1.64. The minimum atomic E-state index is -0.154. The van der Waals surface area contributed by atoms with Crippen molar-refractivity contribution >= 4 is 11.8 Å². The monoisotopic (exact) mass is 380 g/mol. The Kier molecular flexibility index (Phi) is 4.68. The number of β-lactam (4-membered cyclic amide) rings is 1. The zero-order valence-electron chi connectivity index (χ0n) is 16.8. The SMILES string of the molecule is O=C(C1CCC1)N1CCC(N2C(=O)C3(CCCCC3)C2c2ccccc2)CC1. The lowest BCUT2D eigenvalue weighted by molar-refractivity contribution is -0.187. The van der Waals surface area contributed by atoms with Crippen LogP contribution in [-0.2, 0) is 9.59 Å². The maximum absolute atomic E-state index is 13.4. The molecule has 2 amide bonds. The lowest BCUT2D eigenvalue weighted by Crippen LogP contribution is -2.68. The van der Waals surface area contributed by atoms with Crippen LogP contribution in [0.1, 0.15) is 75.8 Å². The van der Waals surface area contributed by atoms with Crippen molar-refractivity contribution in [3.63, 3.8) is 0 Å². The van der Waals surface area contributed by atoms with Gasteiger partial charge >= 0.3 is 0 Å². The fourth-order valence-corrected chi connectivity index (χ4v) is 6.13. The molecule has 0 aromatic heterocycles. The standard InChI is InChI=1S/C24H32N2O2/c27-22(19-10-7-11-19)25-16-12-20(13-17-25)26-21(18-8-3-1-4-9-18)24(23(26)28)14-5-2-6-15-24/h1,3-4,8-9,19-21H,2,5-7,10-17H2. The van der Waals surface area contributed by atoms with Crippen LogP contribution >= 0.6 is 0 Å². The Morgan fingerprint density at radius 3 is 2.18 bits per heavy atom. The molecule has 1 aromatic carbocycles. The van der Waals surface area contributed by atoms with Crippen LogP contribution in [0.2, 0.25) is 0 Å². The average molecular weight is 381 g/mol. The number of rotatable bonds is 3. The highest BCUT2D eigenvalue weighted by atomic mass is 16.2. The molecule has 2 aliphatic carbocycles. The molecule has 28 heavy (non-hydrogen) atoms. The first-order chi connectivity index (χ1) is 13.7. The number of hydrogen-bond donors (Lipinski definition) is 0. The maximum Gasteiger partial charge on any atom is 0.232 e. The van der Waals surface area contributed by atoms with Crippen LogP contribution in [-0.4, -0.2) is 40.7 Å². The van der Waals surface area contributed by atoms with Crippen LogP contribution in [0.5, 0.6) is 0 Å². The Hall–Kier alpha value is -1.84. The van der Waals surface area contributed by atoms with Gasteiger partial charge in [-0.05, 0) is 44.1 Å². The maximum atomic E-state index is 13.4. The minimum Gasteiger partial charge on any atom is -0.342 e. The van der Waals surface area contributed by atoms with Crippen LogP contribution in [0.4, 0.5) is 0 Å². The molecule has 0 radical (unpaired) electrons. The van der Waals surface area contributed by atoms with E-state index < -0.39 is 0 Å². The van der Waals surface area contributed by atoms with Crippen molar-refractivity contribution in [3.05, 3.63) is 35.9 Å². The summed E-state index contributed by atoms with van der Waals surface area (Å²) in [5.41, 5.74) is 1.15. The van der Waals surface area contributed by atoms with E-state index >= 15 is 0 Å². The number of piperidine rings is 1. The van der Waals surface area contributed by atoms with E-state index in [0.29, 0.717) is 11.8 Å². The number of nitrogens with zero attached hydrogens (tertiary/aromatic N) is 2. The van der Waals surface area contributed by atoms with Crippen LogP contribution in [0, 0.1) is 11.3 Å². The molecule has 2 aliphatic heterocycles. The number of carbonyl (C=O) groups is 2. The smallest absolute Gasteiger partial charge is 0.232 e. The van der Waals surface area contributed by atoms with E-state index in [1.807, 2.05) is 0 Å². The van der Waals surface area contributed by atoms with E-state index in [2.05, 4.69) is 40.1 Å². The molecule has 0 bridgehead atoms. The lowest BCUT2D eigenvalue weighted by atomic mass is 9.59. The molecular formula is C24H32N2O2. The van der Waals surface area contributed by atoms with Gasteiger partial charge in [0.1, 0.15) is 0 Å². The second-order valence-corrected chi connectivity index (χ2v) is 9.43. The average Bonchev–Trinajstić information content (AvgIpc) is 2.71. The van der Waals surface area contributed by atoms with Crippen molar-refractivity contribution in [3.8, 4) is 0 Å². The molecule has 1 aromatic rings. The Balaban J connectivity index is 1.33. The molecule has 1 atom stereocenters. The van der Waals surface area contributed by atoms with E-state index in [1.54, 1.807) is 0 Å². The van der Waals surface area contributed by atoms with E-state index in [0.717, 1.165) is 51.6 Å². The van der Waals surface area contributed by atoms with Crippen LogP contribution < -0.4 is 0 Å². The van der Waals surface area contributed by atoms with Gasteiger partial charge in [0.15, 0.2) is 0 Å². The number of amides is 2. The highest BCUT2D eigenvalue weighted by molar-refractivity contribution is 5.91. The van der Waals surface area contributed by atoms with Gasteiger partial charge in [0.2, 0.25) is 11.8 Å². The van der Waals surface area contributed by atoms with Gasteiger partial charge in [0.25, 0.3) is 0 Å². The summed E-state index contributed by atoms with van der Waals surface area (Å²) < 4.78 is 0. The molecular weight excluding hydrogens is 348 g/mol. The Morgan fingerprint density at radius 2 is 1.57 bits per heavy atom. The Morgan fingerprint density at radius 1 is 0.893 bits per heavy atom. The second-order valence-electron chi connectivity index (χ2n) is 9.43. The number of carbonyl (C=O) groups excluding carboxylic acids is 2. The van der Waals surface area contributed by atoms with Gasteiger partial charge in [-0.3, -0.25) is 9.59 Å². The van der Waals surface area contributed by atoms with Gasteiger partial charge in [0.05, 0.1) is 11.5 Å². The zero-order chi connectivity index (χ0) is 19.1. The topological polar surface area (TPSA) is 40.6 Å². The van der Waals surface area contributed by atoms with E-state index in [-0.39, 0.29) is 23.4 Å². The minimum absolute atomic E-state index is 0.154. The molecule has 1 spiro atoms. The third-order valence-electron chi connectivity index (χ3n) is 7.95. The molecule has 0 N–H and O–H groups in total. The lowest BCUT2D eigenvalue weighted by Gasteiger charge is -2.61. The summed E-state index contributed by atoms with van der Waals surface area (Å²) in [4.78, 5) is 30.3. The van der Waals surface area contributed by atoms with Crippen molar-refractivity contribution in [1.29, 1.82) is 0 Å². The molecule has 5 rings (SSSR count). The Labute approximate surface area is 168 Å². The first-order valence-electron chi connectivity index (χ1n) is 11.4. The highest BCUT2D eigenvalue weighted by Gasteiger charge is 2.62. The quantitative estimate of drug-likeness (QED) is 0.733. The molecule has 4 nitrogen and oxygen atoms in total. The molecule has 150 valence electrons. The van der Waals surface area contributed by atoms with Gasteiger partial charge < -0.3 is 9.80 Å². The summed E-state index contributed by atoms with van der Waals surface area (Å²) in [6, 6.07) is 11.2. The first kappa shape index (κ1) is 18.2. The number of benzene rings is 1.